The Morgan fingerprint density at radius 2 is 2.15 bits per heavy atom. The van der Waals surface area contributed by atoms with Crippen LogP contribution in [0.2, 0.25) is 0 Å². The highest BCUT2D eigenvalue weighted by Crippen LogP contribution is 2.35. The minimum absolute atomic E-state index is 0.0373. The number of nitrogens with zero attached hydrogens (tertiary/aromatic N) is 2. The molecule has 2 N–H and O–H groups in total. The van der Waals surface area contributed by atoms with Crippen LogP contribution in [0.4, 0.5) is 0 Å². The van der Waals surface area contributed by atoms with Crippen molar-refractivity contribution < 1.29 is 9.90 Å². The van der Waals surface area contributed by atoms with Crippen LogP contribution in [-0.2, 0) is 11.2 Å². The summed E-state index contributed by atoms with van der Waals surface area (Å²) >= 11 is 0. The molecule has 1 aromatic carbocycles. The van der Waals surface area contributed by atoms with Gasteiger partial charge in [-0.05, 0) is 30.7 Å². The molecule has 140 valence electrons. The van der Waals surface area contributed by atoms with E-state index in [4.69, 9.17) is 0 Å². The van der Waals surface area contributed by atoms with E-state index >= 15 is 0 Å². The molecule has 5 heteroatoms. The first-order valence-corrected chi connectivity index (χ1v) is 9.70. The van der Waals surface area contributed by atoms with Gasteiger partial charge in [-0.2, -0.15) is 0 Å². The lowest BCUT2D eigenvalue weighted by Gasteiger charge is -2.30. The van der Waals surface area contributed by atoms with Gasteiger partial charge in [-0.3, -0.25) is 9.69 Å². The summed E-state index contributed by atoms with van der Waals surface area (Å²) in [7, 11) is 0. The number of rotatable bonds is 9. The summed E-state index contributed by atoms with van der Waals surface area (Å²) < 4.78 is 0. The van der Waals surface area contributed by atoms with Crippen molar-refractivity contribution in [3.05, 3.63) is 54.1 Å². The van der Waals surface area contributed by atoms with E-state index in [0.29, 0.717) is 5.92 Å². The molecule has 2 heterocycles. The molecule has 0 spiro atoms. The summed E-state index contributed by atoms with van der Waals surface area (Å²) in [6.07, 6.45) is 9.79. The maximum Gasteiger partial charge on any atom is 0.320 e. The molecular formula is C21H29N3O2. The summed E-state index contributed by atoms with van der Waals surface area (Å²) in [5.74, 6) is 0.595. The minimum atomic E-state index is -0.715. The fraction of sp³-hybridized carbons (Fsp3) is 0.524. The molecule has 5 nitrogen and oxygen atoms in total. The van der Waals surface area contributed by atoms with Crippen molar-refractivity contribution in [1.82, 2.24) is 14.9 Å². The van der Waals surface area contributed by atoms with Crippen molar-refractivity contribution >= 4 is 5.97 Å². The number of H-pyrrole nitrogens is 1. The molecule has 1 fully saturated rings. The summed E-state index contributed by atoms with van der Waals surface area (Å²) in [5, 5.41) is 9.81. The maximum atomic E-state index is 11.9. The van der Waals surface area contributed by atoms with Crippen LogP contribution < -0.4 is 0 Å². The number of carboxylic acid groups (broad SMARTS) is 1. The van der Waals surface area contributed by atoms with E-state index in [2.05, 4.69) is 33.9 Å². The van der Waals surface area contributed by atoms with Gasteiger partial charge in [0.2, 0.25) is 0 Å². The van der Waals surface area contributed by atoms with Gasteiger partial charge in [0.1, 0.15) is 11.9 Å². The monoisotopic (exact) mass is 355 g/mol. The van der Waals surface area contributed by atoms with Crippen LogP contribution in [0, 0.1) is 5.92 Å². The Labute approximate surface area is 155 Å². The average Bonchev–Trinajstić information content (AvgIpc) is 3.31. The van der Waals surface area contributed by atoms with Gasteiger partial charge in [0.25, 0.3) is 0 Å². The number of nitrogens with one attached hydrogen (secondary N) is 1. The number of benzene rings is 1. The summed E-state index contributed by atoms with van der Waals surface area (Å²) in [6, 6.07) is 9.79. The van der Waals surface area contributed by atoms with Crippen molar-refractivity contribution in [2.45, 2.75) is 57.5 Å². The molecule has 0 aliphatic carbocycles. The van der Waals surface area contributed by atoms with Gasteiger partial charge in [-0.15, -0.1) is 0 Å². The number of likely N-dealkylation sites (tertiary alicyclic amines) is 1. The summed E-state index contributed by atoms with van der Waals surface area (Å²) in [5.41, 5.74) is 1.20. The van der Waals surface area contributed by atoms with E-state index in [1.54, 1.807) is 6.20 Å². The fourth-order valence-electron chi connectivity index (χ4n) is 4.10. The highest BCUT2D eigenvalue weighted by atomic mass is 16.4. The third-order valence-electron chi connectivity index (χ3n) is 5.43. The van der Waals surface area contributed by atoms with Crippen LogP contribution in [0.25, 0.3) is 0 Å². The van der Waals surface area contributed by atoms with Gasteiger partial charge < -0.3 is 10.1 Å². The van der Waals surface area contributed by atoms with E-state index in [0.717, 1.165) is 31.6 Å². The zero-order chi connectivity index (χ0) is 18.4. The number of aromatic nitrogens is 2. The van der Waals surface area contributed by atoms with Crippen LogP contribution in [0.3, 0.4) is 0 Å². The van der Waals surface area contributed by atoms with Crippen LogP contribution in [0.5, 0.6) is 0 Å². The fourth-order valence-corrected chi connectivity index (χ4v) is 4.10. The highest BCUT2D eigenvalue weighted by Gasteiger charge is 2.41. The second kappa shape index (κ2) is 8.99. The second-order valence-corrected chi connectivity index (χ2v) is 7.33. The molecule has 0 saturated carbocycles. The number of hydrogen-bond acceptors (Lipinski definition) is 3. The van der Waals surface area contributed by atoms with E-state index in [1.807, 2.05) is 24.4 Å². The smallest absolute Gasteiger partial charge is 0.320 e. The topological polar surface area (TPSA) is 69.2 Å². The minimum Gasteiger partial charge on any atom is -0.480 e. The van der Waals surface area contributed by atoms with Crippen LogP contribution in [-0.4, -0.2) is 38.5 Å². The highest BCUT2D eigenvalue weighted by molar-refractivity contribution is 5.74. The molecule has 1 aromatic heterocycles. The van der Waals surface area contributed by atoms with Crippen molar-refractivity contribution in [2.75, 3.05) is 6.54 Å². The number of carbonyl (C=O) groups is 1. The SMILES string of the molecule is CCCCCC1CC(C(=O)O)N(C(Cc2ccccc2)c2ncc[nH]2)C1. The Bertz CT molecular complexity index is 672. The van der Waals surface area contributed by atoms with E-state index in [-0.39, 0.29) is 6.04 Å². The Hall–Kier alpha value is -2.14. The van der Waals surface area contributed by atoms with Crippen molar-refractivity contribution in [1.29, 1.82) is 0 Å². The first-order valence-electron chi connectivity index (χ1n) is 9.70. The average molecular weight is 355 g/mol. The van der Waals surface area contributed by atoms with E-state index in [9.17, 15) is 9.90 Å². The second-order valence-electron chi connectivity index (χ2n) is 7.33. The molecule has 0 amide bonds. The molecule has 26 heavy (non-hydrogen) atoms. The normalized spacial score (nSPS) is 21.7. The first kappa shape index (κ1) is 18.6. The third-order valence-corrected chi connectivity index (χ3v) is 5.43. The predicted molar refractivity (Wildman–Crippen MR) is 102 cm³/mol. The van der Waals surface area contributed by atoms with Gasteiger partial charge in [-0.1, -0.05) is 56.5 Å². The summed E-state index contributed by atoms with van der Waals surface area (Å²) in [6.45, 7) is 3.03. The Morgan fingerprint density at radius 1 is 1.35 bits per heavy atom. The molecule has 1 saturated heterocycles. The Kier molecular flexibility index (Phi) is 6.45. The standard InChI is InChI=1S/C21H29N3O2/c1-2-3-5-10-17-14-19(21(25)26)24(15-17)18(20-22-11-12-23-20)13-16-8-6-4-7-9-16/h4,6-9,11-12,17-19H,2-3,5,10,13-15H2,1H3,(H,22,23)(H,25,26). The zero-order valence-corrected chi connectivity index (χ0v) is 15.5. The number of unbranched alkanes of at least 4 members (excludes halogenated alkanes) is 2. The largest absolute Gasteiger partial charge is 0.480 e. The number of carboxylic acids is 1. The van der Waals surface area contributed by atoms with Gasteiger partial charge in [0, 0.05) is 18.9 Å². The zero-order valence-electron chi connectivity index (χ0n) is 15.5. The number of aromatic amines is 1. The molecule has 3 atom stereocenters. The first-order chi connectivity index (χ1) is 12.7. The Balaban J connectivity index is 1.80. The van der Waals surface area contributed by atoms with E-state index < -0.39 is 12.0 Å². The van der Waals surface area contributed by atoms with Gasteiger partial charge in [0.15, 0.2) is 0 Å². The van der Waals surface area contributed by atoms with Crippen LogP contribution in [0.1, 0.15) is 56.5 Å². The lowest BCUT2D eigenvalue weighted by atomic mass is 9.98. The van der Waals surface area contributed by atoms with Gasteiger partial charge in [0.05, 0.1) is 6.04 Å². The molecule has 3 unspecified atom stereocenters. The molecule has 1 aliphatic heterocycles. The number of aliphatic carboxylic acids is 1. The van der Waals surface area contributed by atoms with Gasteiger partial charge in [-0.25, -0.2) is 4.98 Å². The van der Waals surface area contributed by atoms with Gasteiger partial charge >= 0.3 is 5.97 Å². The number of hydrogen-bond donors (Lipinski definition) is 2. The predicted octanol–water partition coefficient (Wildman–Crippen LogP) is 4.05. The van der Waals surface area contributed by atoms with Crippen molar-refractivity contribution in [3.8, 4) is 0 Å². The molecular weight excluding hydrogens is 326 g/mol. The molecule has 3 rings (SSSR count). The Morgan fingerprint density at radius 3 is 2.81 bits per heavy atom. The van der Waals surface area contributed by atoms with Crippen LogP contribution in [0.15, 0.2) is 42.7 Å². The molecule has 0 bridgehead atoms. The molecule has 1 aliphatic rings. The van der Waals surface area contributed by atoms with Crippen LogP contribution >= 0.6 is 0 Å². The number of imidazole rings is 1. The van der Waals surface area contributed by atoms with Crippen molar-refractivity contribution in [2.24, 2.45) is 5.92 Å². The third kappa shape index (κ3) is 4.52. The maximum absolute atomic E-state index is 11.9. The molecule has 2 aromatic rings. The summed E-state index contributed by atoms with van der Waals surface area (Å²) in [4.78, 5) is 21.8. The lowest BCUT2D eigenvalue weighted by Crippen LogP contribution is -2.40. The van der Waals surface area contributed by atoms with Crippen molar-refractivity contribution in [3.63, 3.8) is 0 Å². The molecule has 0 radical (unpaired) electrons. The quantitative estimate of drug-likeness (QED) is 0.666. The lowest BCUT2D eigenvalue weighted by molar-refractivity contribution is -0.143. The van der Waals surface area contributed by atoms with E-state index in [1.165, 1.54) is 24.8 Å².